The maximum absolute atomic E-state index is 11.8. The number of anilines is 1. The molecule has 2 heterocycles. The lowest BCUT2D eigenvalue weighted by molar-refractivity contribution is 0.153. The van der Waals surface area contributed by atoms with E-state index in [-0.39, 0.29) is 24.0 Å². The average molecular weight is 231 g/mol. The lowest BCUT2D eigenvalue weighted by atomic mass is 9.93. The molecular formula is C13H13NO3. The summed E-state index contributed by atoms with van der Waals surface area (Å²) in [5.41, 5.74) is 1.83. The van der Waals surface area contributed by atoms with Gasteiger partial charge in [-0.25, -0.2) is 4.79 Å². The standard InChI is InChI=1S/C13H13NO3/c1-2-12-11-5-3-8-7-9(15)4-6-10(8)14(11)13(16)17-12/h2,4,6-7,11-12,15H,1,3,5H2/t11-,12-/m1/s1. The smallest absolute Gasteiger partial charge is 0.415 e. The SMILES string of the molecule is C=C[C@H]1OC(=O)N2c3ccc(O)cc3CC[C@H]12. The first-order chi connectivity index (χ1) is 8.20. The summed E-state index contributed by atoms with van der Waals surface area (Å²) in [4.78, 5) is 13.5. The van der Waals surface area contributed by atoms with Crippen molar-refractivity contribution in [2.24, 2.45) is 0 Å². The molecule has 3 rings (SSSR count). The molecule has 0 aliphatic carbocycles. The van der Waals surface area contributed by atoms with Crippen LogP contribution in [-0.4, -0.2) is 23.3 Å². The van der Waals surface area contributed by atoms with E-state index in [2.05, 4.69) is 6.58 Å². The molecule has 0 spiro atoms. The summed E-state index contributed by atoms with van der Waals surface area (Å²) >= 11 is 0. The summed E-state index contributed by atoms with van der Waals surface area (Å²) in [6, 6.07) is 5.11. The van der Waals surface area contributed by atoms with Crippen molar-refractivity contribution in [1.82, 2.24) is 0 Å². The summed E-state index contributed by atoms with van der Waals surface area (Å²) in [7, 11) is 0. The molecule has 88 valence electrons. The van der Waals surface area contributed by atoms with Crippen molar-refractivity contribution in [3.63, 3.8) is 0 Å². The number of aromatic hydroxyl groups is 1. The van der Waals surface area contributed by atoms with Crippen LogP contribution in [0.5, 0.6) is 5.75 Å². The van der Waals surface area contributed by atoms with Crippen molar-refractivity contribution in [2.45, 2.75) is 25.0 Å². The predicted octanol–water partition coefficient (Wildman–Crippen LogP) is 2.22. The van der Waals surface area contributed by atoms with Crippen LogP contribution in [-0.2, 0) is 11.2 Å². The van der Waals surface area contributed by atoms with E-state index < -0.39 is 0 Å². The maximum atomic E-state index is 11.8. The molecule has 2 atom stereocenters. The van der Waals surface area contributed by atoms with Gasteiger partial charge in [-0.05, 0) is 42.7 Å². The Kier molecular flexibility index (Phi) is 2.11. The highest BCUT2D eigenvalue weighted by atomic mass is 16.6. The second-order valence-corrected chi connectivity index (χ2v) is 4.37. The van der Waals surface area contributed by atoms with Gasteiger partial charge in [-0.1, -0.05) is 6.58 Å². The number of cyclic esters (lactones) is 1. The molecule has 0 saturated carbocycles. The third-order valence-electron chi connectivity index (χ3n) is 3.41. The van der Waals surface area contributed by atoms with Crippen molar-refractivity contribution < 1.29 is 14.6 Å². The predicted molar refractivity (Wildman–Crippen MR) is 63.2 cm³/mol. The highest BCUT2D eigenvalue weighted by Crippen LogP contribution is 2.38. The summed E-state index contributed by atoms with van der Waals surface area (Å²) in [6.45, 7) is 3.69. The highest BCUT2D eigenvalue weighted by molar-refractivity contribution is 5.92. The summed E-state index contributed by atoms with van der Waals surface area (Å²) in [5.74, 6) is 0.232. The molecular weight excluding hydrogens is 218 g/mol. The Morgan fingerprint density at radius 1 is 1.53 bits per heavy atom. The number of hydrogen-bond acceptors (Lipinski definition) is 3. The fraction of sp³-hybridized carbons (Fsp3) is 0.308. The van der Waals surface area contributed by atoms with Crippen LogP contribution in [0.15, 0.2) is 30.9 Å². The minimum Gasteiger partial charge on any atom is -0.508 e. The van der Waals surface area contributed by atoms with E-state index in [4.69, 9.17) is 4.74 Å². The lowest BCUT2D eigenvalue weighted by Crippen LogP contribution is -2.39. The van der Waals surface area contributed by atoms with Crippen molar-refractivity contribution in [3.8, 4) is 5.75 Å². The van der Waals surface area contributed by atoms with Crippen LogP contribution >= 0.6 is 0 Å². The van der Waals surface area contributed by atoms with Crippen LogP contribution in [0.4, 0.5) is 10.5 Å². The Morgan fingerprint density at radius 3 is 3.12 bits per heavy atom. The van der Waals surface area contributed by atoms with Gasteiger partial charge in [-0.2, -0.15) is 0 Å². The molecule has 0 radical (unpaired) electrons. The number of hydrogen-bond donors (Lipinski definition) is 1. The van der Waals surface area contributed by atoms with Gasteiger partial charge in [-0.3, -0.25) is 4.90 Å². The maximum Gasteiger partial charge on any atom is 0.415 e. The molecule has 1 fully saturated rings. The summed E-state index contributed by atoms with van der Waals surface area (Å²) in [5, 5.41) is 9.44. The molecule has 2 aliphatic heterocycles. The zero-order valence-electron chi connectivity index (χ0n) is 9.30. The van der Waals surface area contributed by atoms with Gasteiger partial charge < -0.3 is 9.84 Å². The number of benzene rings is 1. The number of phenolic OH excluding ortho intramolecular Hbond substituents is 1. The van der Waals surface area contributed by atoms with E-state index in [1.165, 1.54) is 0 Å². The van der Waals surface area contributed by atoms with Crippen LogP contribution in [0.3, 0.4) is 0 Å². The molecule has 1 N–H and O–H groups in total. The van der Waals surface area contributed by atoms with Crippen molar-refractivity contribution in [1.29, 1.82) is 0 Å². The van der Waals surface area contributed by atoms with Gasteiger partial charge in [0.05, 0.1) is 11.7 Å². The second kappa shape index (κ2) is 3.52. The number of rotatable bonds is 1. The molecule has 1 amide bonds. The first kappa shape index (κ1) is 10.2. The van der Waals surface area contributed by atoms with Crippen LogP contribution in [0.2, 0.25) is 0 Å². The van der Waals surface area contributed by atoms with Gasteiger partial charge in [0.15, 0.2) is 0 Å². The Bertz CT molecular complexity index is 497. The number of fused-ring (bicyclic) bond motifs is 3. The van der Waals surface area contributed by atoms with Gasteiger partial charge in [-0.15, -0.1) is 0 Å². The summed E-state index contributed by atoms with van der Waals surface area (Å²) in [6.07, 6.45) is 2.79. The Balaban J connectivity index is 2.06. The van der Waals surface area contributed by atoms with E-state index in [0.717, 1.165) is 24.1 Å². The minimum absolute atomic E-state index is 0.0389. The highest BCUT2D eigenvalue weighted by Gasteiger charge is 2.43. The topological polar surface area (TPSA) is 49.8 Å². The number of ether oxygens (including phenoxy) is 1. The van der Waals surface area contributed by atoms with Gasteiger partial charge >= 0.3 is 6.09 Å². The van der Waals surface area contributed by atoms with Crippen molar-refractivity contribution in [2.75, 3.05) is 4.90 Å². The van der Waals surface area contributed by atoms with Crippen LogP contribution in [0.1, 0.15) is 12.0 Å². The van der Waals surface area contributed by atoms with Crippen LogP contribution in [0.25, 0.3) is 0 Å². The Morgan fingerprint density at radius 2 is 2.35 bits per heavy atom. The van der Waals surface area contributed by atoms with Gasteiger partial charge in [0.25, 0.3) is 0 Å². The molecule has 0 bridgehead atoms. The third kappa shape index (κ3) is 1.40. The molecule has 4 nitrogen and oxygen atoms in total. The first-order valence-electron chi connectivity index (χ1n) is 5.65. The number of amides is 1. The zero-order chi connectivity index (χ0) is 12.0. The molecule has 1 aromatic carbocycles. The quantitative estimate of drug-likeness (QED) is 0.754. The minimum atomic E-state index is -0.327. The lowest BCUT2D eigenvalue weighted by Gasteiger charge is -2.30. The van der Waals surface area contributed by atoms with E-state index >= 15 is 0 Å². The molecule has 0 aromatic heterocycles. The van der Waals surface area contributed by atoms with Crippen molar-refractivity contribution >= 4 is 11.8 Å². The number of phenols is 1. The molecule has 1 aromatic rings. The number of aryl methyl sites for hydroxylation is 1. The molecule has 0 unspecified atom stereocenters. The van der Waals surface area contributed by atoms with E-state index in [0.29, 0.717) is 0 Å². The number of carbonyl (C=O) groups excluding carboxylic acids is 1. The number of carbonyl (C=O) groups is 1. The van der Waals surface area contributed by atoms with E-state index in [1.807, 2.05) is 0 Å². The fourth-order valence-electron chi connectivity index (χ4n) is 2.62. The fourth-order valence-corrected chi connectivity index (χ4v) is 2.62. The first-order valence-corrected chi connectivity index (χ1v) is 5.65. The largest absolute Gasteiger partial charge is 0.508 e. The second-order valence-electron chi connectivity index (χ2n) is 4.37. The Hall–Kier alpha value is -1.97. The third-order valence-corrected chi connectivity index (χ3v) is 3.41. The van der Waals surface area contributed by atoms with Gasteiger partial charge in [0, 0.05) is 0 Å². The van der Waals surface area contributed by atoms with Crippen LogP contribution in [0, 0.1) is 0 Å². The molecule has 1 saturated heterocycles. The van der Waals surface area contributed by atoms with Crippen LogP contribution < -0.4 is 4.90 Å². The van der Waals surface area contributed by atoms with Crippen molar-refractivity contribution in [3.05, 3.63) is 36.4 Å². The summed E-state index contributed by atoms with van der Waals surface area (Å²) < 4.78 is 5.25. The molecule has 2 aliphatic rings. The normalized spacial score (nSPS) is 26.1. The van der Waals surface area contributed by atoms with Gasteiger partial charge in [0.2, 0.25) is 0 Å². The Labute approximate surface area is 99.1 Å². The van der Waals surface area contributed by atoms with E-state index in [1.54, 1.807) is 29.2 Å². The molecule has 4 heteroatoms. The van der Waals surface area contributed by atoms with Gasteiger partial charge in [0.1, 0.15) is 11.9 Å². The van der Waals surface area contributed by atoms with E-state index in [9.17, 15) is 9.90 Å². The monoisotopic (exact) mass is 231 g/mol. The molecule has 17 heavy (non-hydrogen) atoms. The average Bonchev–Trinajstić information content (AvgIpc) is 2.66. The zero-order valence-corrected chi connectivity index (χ0v) is 9.30. The number of nitrogens with zero attached hydrogens (tertiary/aromatic N) is 1.